The minimum atomic E-state index is -3.41. The number of aliphatic imine (C=N–C) groups is 1. The zero-order chi connectivity index (χ0) is 20.0. The number of anilines is 1. The standard InChI is InChI=1S/C20H26N4O3S/c1-27-18-9-7-17(8-10-18)23-20(21)22-15-16-11-13-24(14-12-16)28(25,26)19-5-3-2-4-6-19/h2-10,16H,11-15H2,1H3,(H3,21,22,23). The summed E-state index contributed by atoms with van der Waals surface area (Å²) in [6, 6.07) is 16.0. The molecule has 0 spiro atoms. The normalized spacial score (nSPS) is 16.7. The van der Waals surface area contributed by atoms with E-state index in [1.807, 2.05) is 30.3 Å². The number of nitrogens with two attached hydrogens (primary N) is 1. The van der Waals surface area contributed by atoms with E-state index in [1.165, 1.54) is 0 Å². The first kappa shape index (κ1) is 20.2. The molecule has 0 unspecified atom stereocenters. The lowest BCUT2D eigenvalue weighted by molar-refractivity contribution is 0.279. The molecule has 7 nitrogen and oxygen atoms in total. The topological polar surface area (TPSA) is 97.0 Å². The highest BCUT2D eigenvalue weighted by atomic mass is 32.2. The molecule has 0 bridgehead atoms. The molecule has 0 saturated carbocycles. The van der Waals surface area contributed by atoms with Crippen LogP contribution in [-0.2, 0) is 10.0 Å². The van der Waals surface area contributed by atoms with Gasteiger partial charge in [-0.3, -0.25) is 4.99 Å². The van der Waals surface area contributed by atoms with E-state index in [2.05, 4.69) is 10.3 Å². The number of hydrogen-bond acceptors (Lipinski definition) is 4. The maximum absolute atomic E-state index is 12.7. The average molecular weight is 403 g/mol. The molecule has 3 rings (SSSR count). The summed E-state index contributed by atoms with van der Waals surface area (Å²) in [6.07, 6.45) is 1.54. The number of guanidine groups is 1. The van der Waals surface area contributed by atoms with Crippen LogP contribution in [0.15, 0.2) is 64.5 Å². The molecule has 150 valence electrons. The summed E-state index contributed by atoms with van der Waals surface area (Å²) in [5, 5.41) is 3.05. The minimum Gasteiger partial charge on any atom is -0.497 e. The van der Waals surface area contributed by atoms with Crippen molar-refractivity contribution in [3.8, 4) is 5.75 Å². The van der Waals surface area contributed by atoms with Gasteiger partial charge in [0.2, 0.25) is 10.0 Å². The third kappa shape index (κ3) is 5.02. The first-order chi connectivity index (χ1) is 13.5. The molecule has 2 aromatic carbocycles. The van der Waals surface area contributed by atoms with Crippen molar-refractivity contribution in [1.82, 2.24) is 4.31 Å². The van der Waals surface area contributed by atoms with Crippen LogP contribution in [0.1, 0.15) is 12.8 Å². The van der Waals surface area contributed by atoms with Crippen molar-refractivity contribution in [2.24, 2.45) is 16.6 Å². The second kappa shape index (κ2) is 9.07. The number of nitrogens with one attached hydrogen (secondary N) is 1. The minimum absolute atomic E-state index is 0.318. The van der Waals surface area contributed by atoms with Crippen LogP contribution in [0.3, 0.4) is 0 Å². The molecule has 1 fully saturated rings. The molecule has 0 aromatic heterocycles. The molecule has 0 aliphatic carbocycles. The molecule has 1 aliphatic rings. The molecule has 0 amide bonds. The van der Waals surface area contributed by atoms with Crippen molar-refractivity contribution in [3.05, 3.63) is 54.6 Å². The van der Waals surface area contributed by atoms with E-state index in [0.29, 0.717) is 36.4 Å². The van der Waals surface area contributed by atoms with Crippen molar-refractivity contribution in [2.45, 2.75) is 17.7 Å². The molecule has 1 saturated heterocycles. The molecule has 1 heterocycles. The Kier molecular flexibility index (Phi) is 6.53. The molecule has 0 radical (unpaired) electrons. The van der Waals surface area contributed by atoms with E-state index in [9.17, 15) is 8.42 Å². The predicted molar refractivity (Wildman–Crippen MR) is 111 cm³/mol. The summed E-state index contributed by atoms with van der Waals surface area (Å²) in [4.78, 5) is 4.76. The van der Waals surface area contributed by atoms with Gasteiger partial charge in [-0.05, 0) is 55.2 Å². The van der Waals surface area contributed by atoms with Gasteiger partial charge in [-0.15, -0.1) is 0 Å². The van der Waals surface area contributed by atoms with Gasteiger partial charge in [-0.25, -0.2) is 8.42 Å². The number of rotatable bonds is 6. The predicted octanol–water partition coefficient (Wildman–Crippen LogP) is 2.52. The van der Waals surface area contributed by atoms with Crippen LogP contribution in [0.25, 0.3) is 0 Å². The first-order valence-electron chi connectivity index (χ1n) is 9.25. The smallest absolute Gasteiger partial charge is 0.243 e. The van der Waals surface area contributed by atoms with Crippen molar-refractivity contribution in [2.75, 3.05) is 32.1 Å². The third-order valence-corrected chi connectivity index (χ3v) is 6.75. The second-order valence-corrected chi connectivity index (χ2v) is 8.68. The van der Waals surface area contributed by atoms with Gasteiger partial charge in [-0.2, -0.15) is 4.31 Å². The second-order valence-electron chi connectivity index (χ2n) is 6.74. The van der Waals surface area contributed by atoms with Gasteiger partial charge in [0, 0.05) is 25.3 Å². The Hall–Kier alpha value is -2.58. The Morgan fingerprint density at radius 1 is 1.14 bits per heavy atom. The van der Waals surface area contributed by atoms with Gasteiger partial charge in [-0.1, -0.05) is 18.2 Å². The van der Waals surface area contributed by atoms with Gasteiger partial charge in [0.1, 0.15) is 5.75 Å². The Morgan fingerprint density at radius 2 is 1.79 bits per heavy atom. The third-order valence-electron chi connectivity index (χ3n) is 4.84. The lowest BCUT2D eigenvalue weighted by Crippen LogP contribution is -2.39. The van der Waals surface area contributed by atoms with E-state index in [1.54, 1.807) is 35.7 Å². The zero-order valence-electron chi connectivity index (χ0n) is 15.9. The van der Waals surface area contributed by atoms with Crippen molar-refractivity contribution < 1.29 is 13.2 Å². The quantitative estimate of drug-likeness (QED) is 0.572. The molecule has 0 atom stereocenters. The summed E-state index contributed by atoms with van der Waals surface area (Å²) in [5.74, 6) is 1.45. The van der Waals surface area contributed by atoms with Gasteiger partial charge in [0.15, 0.2) is 5.96 Å². The summed E-state index contributed by atoms with van der Waals surface area (Å²) < 4.78 is 32.0. The Balaban J connectivity index is 1.50. The highest BCUT2D eigenvalue weighted by Crippen LogP contribution is 2.24. The lowest BCUT2D eigenvalue weighted by atomic mass is 9.98. The number of piperidine rings is 1. The molecule has 3 N–H and O–H groups in total. The van der Waals surface area contributed by atoms with E-state index >= 15 is 0 Å². The maximum atomic E-state index is 12.7. The van der Waals surface area contributed by atoms with Crippen LogP contribution in [0.5, 0.6) is 5.75 Å². The van der Waals surface area contributed by atoms with Crippen LogP contribution in [0.4, 0.5) is 5.69 Å². The first-order valence-corrected chi connectivity index (χ1v) is 10.7. The highest BCUT2D eigenvalue weighted by Gasteiger charge is 2.29. The maximum Gasteiger partial charge on any atom is 0.243 e. The van der Waals surface area contributed by atoms with Gasteiger partial charge in [0.05, 0.1) is 12.0 Å². The van der Waals surface area contributed by atoms with Crippen LogP contribution in [0.2, 0.25) is 0 Å². The van der Waals surface area contributed by atoms with E-state index in [0.717, 1.165) is 24.3 Å². The van der Waals surface area contributed by atoms with Crippen LogP contribution in [0, 0.1) is 5.92 Å². The summed E-state index contributed by atoms with van der Waals surface area (Å²) >= 11 is 0. The van der Waals surface area contributed by atoms with Gasteiger partial charge < -0.3 is 15.8 Å². The Labute approximate surface area is 166 Å². The highest BCUT2D eigenvalue weighted by molar-refractivity contribution is 7.89. The fourth-order valence-corrected chi connectivity index (χ4v) is 4.65. The zero-order valence-corrected chi connectivity index (χ0v) is 16.7. The molecule has 2 aromatic rings. The van der Waals surface area contributed by atoms with Crippen molar-refractivity contribution in [1.29, 1.82) is 0 Å². The fourth-order valence-electron chi connectivity index (χ4n) is 3.16. The van der Waals surface area contributed by atoms with Crippen molar-refractivity contribution in [3.63, 3.8) is 0 Å². The summed E-state index contributed by atoms with van der Waals surface area (Å²) in [6.45, 7) is 1.58. The Bertz CT molecular complexity index is 891. The number of sulfonamides is 1. The van der Waals surface area contributed by atoms with Crippen LogP contribution < -0.4 is 15.8 Å². The molecular weight excluding hydrogens is 376 g/mol. The number of benzene rings is 2. The number of hydrogen-bond donors (Lipinski definition) is 2. The molecule has 8 heteroatoms. The monoisotopic (exact) mass is 402 g/mol. The van der Waals surface area contributed by atoms with Gasteiger partial charge in [0.25, 0.3) is 0 Å². The molecule has 28 heavy (non-hydrogen) atoms. The lowest BCUT2D eigenvalue weighted by Gasteiger charge is -2.30. The number of methoxy groups -OCH3 is 1. The largest absolute Gasteiger partial charge is 0.497 e. The average Bonchev–Trinajstić information content (AvgIpc) is 2.74. The van der Waals surface area contributed by atoms with Crippen molar-refractivity contribution >= 4 is 21.7 Å². The molecular formula is C20H26N4O3S. The van der Waals surface area contributed by atoms with E-state index in [4.69, 9.17) is 10.5 Å². The summed E-state index contributed by atoms with van der Waals surface area (Å²) in [5.41, 5.74) is 6.81. The van der Waals surface area contributed by atoms with Crippen LogP contribution in [-0.4, -0.2) is 45.4 Å². The number of nitrogens with zero attached hydrogens (tertiary/aromatic N) is 2. The van der Waals surface area contributed by atoms with Gasteiger partial charge >= 0.3 is 0 Å². The van der Waals surface area contributed by atoms with E-state index < -0.39 is 10.0 Å². The molecule has 1 aliphatic heterocycles. The summed E-state index contributed by atoms with van der Waals surface area (Å²) in [7, 11) is -1.79. The fraction of sp³-hybridized carbons (Fsp3) is 0.350. The Morgan fingerprint density at radius 3 is 2.39 bits per heavy atom. The van der Waals surface area contributed by atoms with E-state index in [-0.39, 0.29) is 0 Å². The van der Waals surface area contributed by atoms with Crippen LogP contribution >= 0.6 is 0 Å². The SMILES string of the molecule is COc1ccc(NC(N)=NCC2CCN(S(=O)(=O)c3ccccc3)CC2)cc1. The number of ether oxygens (including phenoxy) is 1.